The zero-order chi connectivity index (χ0) is 15.2. The first-order chi connectivity index (χ1) is 10.2. The number of aliphatic carboxylic acids is 1. The van der Waals surface area contributed by atoms with Gasteiger partial charge in [0.25, 0.3) is 0 Å². The minimum atomic E-state index is -0.818. The first kappa shape index (κ1) is 16.0. The van der Waals surface area contributed by atoms with E-state index in [-0.39, 0.29) is 5.37 Å². The fourth-order valence-electron chi connectivity index (χ4n) is 2.17. The van der Waals surface area contributed by atoms with Crippen LogP contribution < -0.4 is 14.8 Å². The molecule has 1 aliphatic heterocycles. The van der Waals surface area contributed by atoms with Crippen LogP contribution in [-0.4, -0.2) is 36.6 Å². The third kappa shape index (κ3) is 3.83. The Balaban J connectivity index is 2.20. The van der Waals surface area contributed by atoms with Crippen LogP contribution in [0.3, 0.4) is 0 Å². The molecular formula is C15H21NO4S. The van der Waals surface area contributed by atoms with Gasteiger partial charge in [-0.15, -0.1) is 11.8 Å². The Hall–Kier alpha value is -1.40. The molecular weight excluding hydrogens is 290 g/mol. The van der Waals surface area contributed by atoms with E-state index in [0.717, 1.165) is 18.4 Å². The molecule has 2 N–H and O–H groups in total. The summed E-state index contributed by atoms with van der Waals surface area (Å²) in [6.07, 6.45) is 2.03. The van der Waals surface area contributed by atoms with Gasteiger partial charge >= 0.3 is 5.97 Å². The number of hydrogen-bond donors (Lipinski definition) is 2. The fourth-order valence-corrected chi connectivity index (χ4v) is 3.42. The van der Waals surface area contributed by atoms with Gasteiger partial charge in [-0.2, -0.15) is 0 Å². The monoisotopic (exact) mass is 311 g/mol. The summed E-state index contributed by atoms with van der Waals surface area (Å²) in [6.45, 7) is 2.74. The maximum Gasteiger partial charge on any atom is 0.321 e. The van der Waals surface area contributed by atoms with E-state index >= 15 is 0 Å². The molecule has 2 unspecified atom stereocenters. The van der Waals surface area contributed by atoms with Crippen molar-refractivity contribution in [2.24, 2.45) is 0 Å². The molecule has 116 valence electrons. The molecule has 0 bridgehead atoms. The number of rotatable bonds is 7. The summed E-state index contributed by atoms with van der Waals surface area (Å²) < 4.78 is 11.3. The van der Waals surface area contributed by atoms with Crippen LogP contribution in [0, 0.1) is 0 Å². The van der Waals surface area contributed by atoms with Gasteiger partial charge in [0.2, 0.25) is 0 Å². The fraction of sp³-hybridized carbons (Fsp3) is 0.533. The number of benzene rings is 1. The van der Waals surface area contributed by atoms with Gasteiger partial charge < -0.3 is 14.6 Å². The lowest BCUT2D eigenvalue weighted by Crippen LogP contribution is -2.33. The van der Waals surface area contributed by atoms with Crippen molar-refractivity contribution < 1.29 is 19.4 Å². The summed E-state index contributed by atoms with van der Waals surface area (Å²) in [5.41, 5.74) is 0.944. The first-order valence-electron chi connectivity index (χ1n) is 7.07. The van der Waals surface area contributed by atoms with Crippen molar-refractivity contribution in [3.8, 4) is 11.5 Å². The Bertz CT molecular complexity index is 495. The van der Waals surface area contributed by atoms with Crippen LogP contribution >= 0.6 is 11.8 Å². The molecule has 5 nitrogen and oxygen atoms in total. The van der Waals surface area contributed by atoms with E-state index in [2.05, 4.69) is 12.2 Å². The van der Waals surface area contributed by atoms with Crippen molar-refractivity contribution in [3.05, 3.63) is 23.8 Å². The number of carboxylic acid groups (broad SMARTS) is 1. The number of thioether (sulfide) groups is 1. The van der Waals surface area contributed by atoms with E-state index in [9.17, 15) is 4.79 Å². The normalized spacial score (nSPS) is 21.2. The van der Waals surface area contributed by atoms with Crippen molar-refractivity contribution in [3.63, 3.8) is 0 Å². The molecule has 1 heterocycles. The molecule has 6 heteroatoms. The molecule has 1 aliphatic rings. The summed E-state index contributed by atoms with van der Waals surface area (Å²) >= 11 is 1.58. The van der Waals surface area contributed by atoms with Crippen molar-refractivity contribution in [2.75, 3.05) is 19.5 Å². The molecule has 0 aliphatic carbocycles. The highest BCUT2D eigenvalue weighted by molar-refractivity contribution is 7.99. The van der Waals surface area contributed by atoms with Crippen molar-refractivity contribution in [2.45, 2.75) is 31.2 Å². The first-order valence-corrected chi connectivity index (χ1v) is 8.12. The highest BCUT2D eigenvalue weighted by Gasteiger charge is 2.32. The molecule has 0 saturated carbocycles. The average molecular weight is 311 g/mol. The predicted octanol–water partition coefficient (Wildman–Crippen LogP) is 2.66. The van der Waals surface area contributed by atoms with Gasteiger partial charge in [0, 0.05) is 11.3 Å². The van der Waals surface area contributed by atoms with Crippen LogP contribution in [0.25, 0.3) is 0 Å². The lowest BCUT2D eigenvalue weighted by Gasteiger charge is -2.19. The van der Waals surface area contributed by atoms with E-state index in [1.165, 1.54) is 0 Å². The quantitative estimate of drug-likeness (QED) is 0.755. The van der Waals surface area contributed by atoms with Gasteiger partial charge in [-0.25, -0.2) is 0 Å². The highest BCUT2D eigenvalue weighted by Crippen LogP contribution is 2.42. The second-order valence-corrected chi connectivity index (χ2v) is 5.99. The molecule has 0 radical (unpaired) electrons. The van der Waals surface area contributed by atoms with Crippen LogP contribution in [0.2, 0.25) is 0 Å². The van der Waals surface area contributed by atoms with Gasteiger partial charge in [0.1, 0.15) is 6.04 Å². The number of methoxy groups -OCH3 is 1. The number of carboxylic acids is 1. The summed E-state index contributed by atoms with van der Waals surface area (Å²) in [5.74, 6) is 1.13. The number of ether oxygens (including phenoxy) is 2. The lowest BCUT2D eigenvalue weighted by atomic mass is 10.1. The SMILES string of the molecule is CCCCOc1c(OC)cccc1C1NC(C(=O)O)CS1. The Morgan fingerprint density at radius 2 is 2.33 bits per heavy atom. The van der Waals surface area contributed by atoms with Gasteiger partial charge in [-0.1, -0.05) is 25.5 Å². The second-order valence-electron chi connectivity index (χ2n) is 4.85. The van der Waals surface area contributed by atoms with Crippen molar-refractivity contribution in [1.29, 1.82) is 0 Å². The second kappa shape index (κ2) is 7.56. The molecule has 21 heavy (non-hydrogen) atoms. The van der Waals surface area contributed by atoms with Crippen LogP contribution in [0.15, 0.2) is 18.2 Å². The Labute approximate surface area is 129 Å². The van der Waals surface area contributed by atoms with Crippen LogP contribution in [0.5, 0.6) is 11.5 Å². The van der Waals surface area contributed by atoms with Crippen LogP contribution in [0.1, 0.15) is 30.7 Å². The number of para-hydroxylation sites is 1. The van der Waals surface area contributed by atoms with Gasteiger partial charge in [0.05, 0.1) is 19.1 Å². The minimum absolute atomic E-state index is 0.0853. The Morgan fingerprint density at radius 1 is 1.52 bits per heavy atom. The maximum absolute atomic E-state index is 11.1. The molecule has 0 amide bonds. The Kier molecular flexibility index (Phi) is 5.76. The summed E-state index contributed by atoms with van der Waals surface area (Å²) in [4.78, 5) is 11.1. The smallest absolute Gasteiger partial charge is 0.321 e. The number of unbranched alkanes of at least 4 members (excludes halogenated alkanes) is 1. The van der Waals surface area contributed by atoms with Gasteiger partial charge in [0.15, 0.2) is 11.5 Å². The third-order valence-electron chi connectivity index (χ3n) is 3.34. The standard InChI is InChI=1S/C15H21NO4S/c1-3-4-8-20-13-10(6-5-7-12(13)19-2)14-16-11(9-21-14)15(17)18/h5-7,11,14,16H,3-4,8-9H2,1-2H3,(H,17,18). The van der Waals surface area contributed by atoms with E-state index in [0.29, 0.717) is 23.9 Å². The molecule has 0 aromatic heterocycles. The van der Waals surface area contributed by atoms with Crippen molar-refractivity contribution in [1.82, 2.24) is 5.32 Å². The summed E-state index contributed by atoms with van der Waals surface area (Å²) in [5, 5.41) is 12.1. The molecule has 0 spiro atoms. The summed E-state index contributed by atoms with van der Waals surface area (Å²) in [6, 6.07) is 5.20. The zero-order valence-corrected chi connectivity index (χ0v) is 13.1. The maximum atomic E-state index is 11.1. The molecule has 2 atom stereocenters. The Morgan fingerprint density at radius 3 is 2.95 bits per heavy atom. The molecule has 1 fully saturated rings. The molecule has 1 saturated heterocycles. The average Bonchev–Trinajstić information content (AvgIpc) is 2.97. The topological polar surface area (TPSA) is 67.8 Å². The third-order valence-corrected chi connectivity index (χ3v) is 4.59. The van der Waals surface area contributed by atoms with Crippen LogP contribution in [0.4, 0.5) is 0 Å². The van der Waals surface area contributed by atoms with Gasteiger partial charge in [-0.05, 0) is 12.5 Å². The molecule has 2 rings (SSSR count). The largest absolute Gasteiger partial charge is 0.493 e. The van der Waals surface area contributed by atoms with Crippen LogP contribution in [-0.2, 0) is 4.79 Å². The van der Waals surface area contributed by atoms with Gasteiger partial charge in [-0.3, -0.25) is 10.1 Å². The van der Waals surface area contributed by atoms with E-state index in [1.54, 1.807) is 18.9 Å². The van der Waals surface area contributed by atoms with E-state index in [1.807, 2.05) is 18.2 Å². The number of carbonyl (C=O) groups is 1. The zero-order valence-electron chi connectivity index (χ0n) is 12.3. The van der Waals surface area contributed by atoms with E-state index in [4.69, 9.17) is 14.6 Å². The highest BCUT2D eigenvalue weighted by atomic mass is 32.2. The van der Waals surface area contributed by atoms with Crippen molar-refractivity contribution >= 4 is 17.7 Å². The van der Waals surface area contributed by atoms with E-state index < -0.39 is 12.0 Å². The number of hydrogen-bond acceptors (Lipinski definition) is 5. The summed E-state index contributed by atoms with van der Waals surface area (Å²) in [7, 11) is 1.61. The predicted molar refractivity (Wildman–Crippen MR) is 83.2 cm³/mol. The molecule has 1 aromatic rings. The molecule has 1 aromatic carbocycles. The minimum Gasteiger partial charge on any atom is -0.493 e. The lowest BCUT2D eigenvalue weighted by molar-refractivity contribution is -0.138. The number of nitrogens with one attached hydrogen (secondary N) is 1.